The van der Waals surface area contributed by atoms with Crippen LogP contribution in [-0.2, 0) is 28.4 Å². The van der Waals surface area contributed by atoms with Gasteiger partial charge in [-0.2, -0.15) is 26.3 Å². The predicted octanol–water partition coefficient (Wildman–Crippen LogP) is 4.34. The van der Waals surface area contributed by atoms with Crippen molar-refractivity contribution in [1.29, 1.82) is 0 Å². The molecule has 0 aliphatic heterocycles. The number of amides is 1. The molecule has 0 aliphatic carbocycles. The predicted molar refractivity (Wildman–Crippen MR) is 85.0 cm³/mol. The topological polar surface area (TPSA) is 55.4 Å². The molecule has 2 aromatic carbocycles. The summed E-state index contributed by atoms with van der Waals surface area (Å²) in [6.45, 7) is -0.990. The maximum atomic E-state index is 12.8. The Hall–Kier alpha value is -3.11. The van der Waals surface area contributed by atoms with Gasteiger partial charge in [0.05, 0.1) is 16.7 Å². The van der Waals surface area contributed by atoms with Gasteiger partial charge in [-0.25, -0.2) is 9.18 Å². The van der Waals surface area contributed by atoms with Crippen molar-refractivity contribution in [1.82, 2.24) is 5.32 Å². The second-order valence-electron chi connectivity index (χ2n) is 5.77. The van der Waals surface area contributed by atoms with E-state index in [1.165, 1.54) is 12.1 Å². The lowest BCUT2D eigenvalue weighted by molar-refractivity contribution is -0.143. The van der Waals surface area contributed by atoms with Crippen LogP contribution in [0.15, 0.2) is 42.5 Å². The number of esters is 1. The fourth-order valence-electron chi connectivity index (χ4n) is 2.14. The Morgan fingerprint density at radius 1 is 0.862 bits per heavy atom. The summed E-state index contributed by atoms with van der Waals surface area (Å²) >= 11 is 0. The van der Waals surface area contributed by atoms with E-state index in [0.717, 1.165) is 12.1 Å². The Bertz CT molecular complexity index is 858. The van der Waals surface area contributed by atoms with Crippen LogP contribution in [0.3, 0.4) is 0 Å². The van der Waals surface area contributed by atoms with Crippen LogP contribution in [0, 0.1) is 5.82 Å². The van der Waals surface area contributed by atoms with E-state index in [2.05, 4.69) is 10.1 Å². The third-order valence-corrected chi connectivity index (χ3v) is 3.56. The van der Waals surface area contributed by atoms with Crippen molar-refractivity contribution in [2.24, 2.45) is 0 Å². The van der Waals surface area contributed by atoms with Crippen molar-refractivity contribution in [2.75, 3.05) is 6.61 Å². The molecule has 0 atom stereocenters. The lowest BCUT2D eigenvalue weighted by atomic mass is 10.0. The van der Waals surface area contributed by atoms with Crippen LogP contribution in [0.25, 0.3) is 0 Å². The molecule has 0 saturated carbocycles. The lowest BCUT2D eigenvalue weighted by Gasteiger charge is -2.14. The fraction of sp³-hybridized carbons (Fsp3) is 0.222. The van der Waals surface area contributed by atoms with Crippen molar-refractivity contribution in [3.63, 3.8) is 0 Å². The highest BCUT2D eigenvalue weighted by atomic mass is 19.4. The van der Waals surface area contributed by atoms with Crippen LogP contribution in [0.2, 0.25) is 0 Å². The molecule has 0 fully saturated rings. The largest absolute Gasteiger partial charge is 0.452 e. The number of carbonyl (C=O) groups excluding carboxylic acids is 2. The molecule has 4 nitrogen and oxygen atoms in total. The normalized spacial score (nSPS) is 11.8. The molecule has 156 valence electrons. The van der Waals surface area contributed by atoms with Gasteiger partial charge in [-0.05, 0) is 35.9 Å². The molecular weight excluding hydrogens is 411 g/mol. The van der Waals surface area contributed by atoms with E-state index in [0.29, 0.717) is 5.56 Å². The number of halogens is 7. The molecule has 0 radical (unpaired) electrons. The lowest BCUT2D eigenvalue weighted by Crippen LogP contribution is -2.28. The van der Waals surface area contributed by atoms with E-state index in [1.54, 1.807) is 0 Å². The number of nitrogens with one attached hydrogen (secondary N) is 1. The molecule has 0 aliphatic rings. The standard InChI is InChI=1S/C18H12F7NO3/c19-14-3-1-10(2-4-14)8-26-15(27)9-29-16(28)11-5-12(17(20,21)22)7-13(6-11)18(23,24)25/h1-7H,8-9H2,(H,26,27). The fourth-order valence-corrected chi connectivity index (χ4v) is 2.14. The summed E-state index contributed by atoms with van der Waals surface area (Å²) in [7, 11) is 0. The summed E-state index contributed by atoms with van der Waals surface area (Å²) in [6, 6.07) is 5.32. The van der Waals surface area contributed by atoms with Gasteiger partial charge in [0.1, 0.15) is 5.82 Å². The first-order chi connectivity index (χ1) is 13.4. The molecular formula is C18H12F7NO3. The zero-order chi connectivity index (χ0) is 21.8. The molecule has 2 rings (SSSR count). The highest BCUT2D eigenvalue weighted by Crippen LogP contribution is 2.36. The highest BCUT2D eigenvalue weighted by Gasteiger charge is 2.37. The first kappa shape index (κ1) is 22.2. The number of carbonyl (C=O) groups is 2. The van der Waals surface area contributed by atoms with Gasteiger partial charge in [0.25, 0.3) is 5.91 Å². The number of benzene rings is 2. The van der Waals surface area contributed by atoms with Gasteiger partial charge >= 0.3 is 18.3 Å². The van der Waals surface area contributed by atoms with Crippen LogP contribution in [0.4, 0.5) is 30.7 Å². The Morgan fingerprint density at radius 2 is 1.38 bits per heavy atom. The summed E-state index contributed by atoms with van der Waals surface area (Å²) in [4.78, 5) is 23.5. The molecule has 29 heavy (non-hydrogen) atoms. The first-order valence-electron chi connectivity index (χ1n) is 7.84. The van der Waals surface area contributed by atoms with Gasteiger partial charge in [-0.3, -0.25) is 4.79 Å². The van der Waals surface area contributed by atoms with Crippen molar-refractivity contribution >= 4 is 11.9 Å². The minimum Gasteiger partial charge on any atom is -0.452 e. The summed E-state index contributed by atoms with van der Waals surface area (Å²) < 4.78 is 94.0. The number of alkyl halides is 6. The molecule has 2 aromatic rings. The molecule has 0 saturated heterocycles. The Morgan fingerprint density at radius 3 is 1.86 bits per heavy atom. The average Bonchev–Trinajstić information content (AvgIpc) is 2.63. The Balaban J connectivity index is 2.04. The van der Waals surface area contributed by atoms with Gasteiger partial charge < -0.3 is 10.1 Å². The molecule has 0 bridgehead atoms. The van der Waals surface area contributed by atoms with Crippen molar-refractivity contribution in [3.8, 4) is 0 Å². The monoisotopic (exact) mass is 423 g/mol. The van der Waals surface area contributed by atoms with E-state index in [9.17, 15) is 40.3 Å². The molecule has 0 unspecified atom stereocenters. The Kier molecular flexibility index (Phi) is 6.50. The zero-order valence-corrected chi connectivity index (χ0v) is 14.3. The first-order valence-corrected chi connectivity index (χ1v) is 7.84. The number of hydrogen-bond acceptors (Lipinski definition) is 3. The van der Waals surface area contributed by atoms with E-state index in [4.69, 9.17) is 0 Å². The van der Waals surface area contributed by atoms with Crippen molar-refractivity contribution in [3.05, 3.63) is 70.5 Å². The quantitative estimate of drug-likeness (QED) is 0.575. The second kappa shape index (κ2) is 8.50. The van der Waals surface area contributed by atoms with E-state index >= 15 is 0 Å². The van der Waals surface area contributed by atoms with Crippen LogP contribution < -0.4 is 5.32 Å². The van der Waals surface area contributed by atoms with E-state index in [1.807, 2.05) is 0 Å². The van der Waals surface area contributed by atoms with Crippen LogP contribution >= 0.6 is 0 Å². The molecule has 0 heterocycles. The average molecular weight is 423 g/mol. The van der Waals surface area contributed by atoms with Gasteiger partial charge in [-0.1, -0.05) is 12.1 Å². The molecule has 1 N–H and O–H groups in total. The van der Waals surface area contributed by atoms with Crippen LogP contribution in [-0.4, -0.2) is 18.5 Å². The van der Waals surface area contributed by atoms with E-state index < -0.39 is 53.3 Å². The van der Waals surface area contributed by atoms with Gasteiger partial charge in [0, 0.05) is 6.54 Å². The summed E-state index contributed by atoms with van der Waals surface area (Å²) in [5.74, 6) is -2.88. The smallest absolute Gasteiger partial charge is 0.416 e. The number of hydrogen-bond donors (Lipinski definition) is 1. The highest BCUT2D eigenvalue weighted by molar-refractivity contribution is 5.91. The number of ether oxygens (including phenoxy) is 1. The van der Waals surface area contributed by atoms with Gasteiger partial charge in [0.15, 0.2) is 6.61 Å². The summed E-state index contributed by atoms with van der Waals surface area (Å²) in [5.41, 5.74) is -3.85. The third-order valence-electron chi connectivity index (χ3n) is 3.56. The maximum Gasteiger partial charge on any atom is 0.416 e. The molecule has 0 aromatic heterocycles. The third kappa shape index (κ3) is 6.47. The molecule has 1 amide bonds. The van der Waals surface area contributed by atoms with E-state index in [-0.39, 0.29) is 24.7 Å². The minimum absolute atomic E-state index is 0.0571. The van der Waals surface area contributed by atoms with Crippen molar-refractivity contribution in [2.45, 2.75) is 18.9 Å². The number of rotatable bonds is 5. The SMILES string of the molecule is O=C(COC(=O)c1cc(C(F)(F)F)cc(C(F)(F)F)c1)NCc1ccc(F)cc1. The second-order valence-corrected chi connectivity index (χ2v) is 5.77. The minimum atomic E-state index is -5.12. The molecule has 11 heteroatoms. The van der Waals surface area contributed by atoms with Gasteiger partial charge in [0.2, 0.25) is 0 Å². The van der Waals surface area contributed by atoms with Crippen LogP contribution in [0.1, 0.15) is 27.0 Å². The van der Waals surface area contributed by atoms with Crippen molar-refractivity contribution < 1.29 is 45.1 Å². The van der Waals surface area contributed by atoms with Crippen LogP contribution in [0.5, 0.6) is 0 Å². The summed E-state index contributed by atoms with van der Waals surface area (Å²) in [5, 5.41) is 2.30. The van der Waals surface area contributed by atoms with Gasteiger partial charge in [-0.15, -0.1) is 0 Å². The summed E-state index contributed by atoms with van der Waals surface area (Å²) in [6.07, 6.45) is -10.2. The maximum absolute atomic E-state index is 12.8. The Labute approximate surface area is 159 Å². The molecule has 0 spiro atoms. The zero-order valence-electron chi connectivity index (χ0n) is 14.3.